The maximum atomic E-state index is 13.9. The van der Waals surface area contributed by atoms with Crippen molar-refractivity contribution in [1.29, 1.82) is 0 Å². The number of amides is 1. The molecule has 150 valence electrons. The van der Waals surface area contributed by atoms with E-state index in [2.05, 4.69) is 10.2 Å². The molecule has 0 spiro atoms. The summed E-state index contributed by atoms with van der Waals surface area (Å²) in [4.78, 5) is 14.6. The van der Waals surface area contributed by atoms with Crippen LogP contribution < -0.4 is 10.1 Å². The Balaban J connectivity index is 1.39. The maximum absolute atomic E-state index is 13.9. The lowest BCUT2D eigenvalue weighted by Crippen LogP contribution is -2.40. The lowest BCUT2D eigenvalue weighted by atomic mass is 9.95. The van der Waals surface area contributed by atoms with Gasteiger partial charge < -0.3 is 10.1 Å². The zero-order chi connectivity index (χ0) is 19.9. The van der Waals surface area contributed by atoms with Crippen molar-refractivity contribution in [2.75, 3.05) is 26.7 Å². The van der Waals surface area contributed by atoms with Crippen LogP contribution >= 0.6 is 11.6 Å². The van der Waals surface area contributed by atoms with Gasteiger partial charge in [0.2, 0.25) is 5.91 Å². The topological polar surface area (TPSA) is 41.6 Å². The third-order valence-electron chi connectivity index (χ3n) is 5.24. The Morgan fingerprint density at radius 3 is 2.57 bits per heavy atom. The standard InChI is InChI=1S/C22H26ClFN2O2/c1-28-20-6-2-16(3-7-20)8-11-25-22(27)17-9-12-26(13-10-17)15-18-4-5-19(23)14-21(18)24/h2-7,14,17H,8-13,15H2,1H3,(H,25,27). The fourth-order valence-corrected chi connectivity index (χ4v) is 3.67. The molecule has 2 aromatic carbocycles. The van der Waals surface area contributed by atoms with Crippen molar-refractivity contribution < 1.29 is 13.9 Å². The second-order valence-corrected chi connectivity index (χ2v) is 7.61. The van der Waals surface area contributed by atoms with Crippen LogP contribution in [-0.2, 0) is 17.8 Å². The third-order valence-corrected chi connectivity index (χ3v) is 5.47. The predicted octanol–water partition coefficient (Wildman–Crippen LogP) is 4.06. The molecule has 1 amide bonds. The normalized spacial score (nSPS) is 15.4. The SMILES string of the molecule is COc1ccc(CCNC(=O)C2CCN(Cc3ccc(Cl)cc3F)CC2)cc1. The van der Waals surface area contributed by atoms with Crippen LogP contribution in [0.5, 0.6) is 5.75 Å². The lowest BCUT2D eigenvalue weighted by Gasteiger charge is -2.31. The molecule has 0 radical (unpaired) electrons. The number of halogens is 2. The quantitative estimate of drug-likeness (QED) is 0.756. The zero-order valence-electron chi connectivity index (χ0n) is 16.1. The molecule has 4 nitrogen and oxygen atoms in total. The van der Waals surface area contributed by atoms with Crippen molar-refractivity contribution in [3.05, 3.63) is 64.4 Å². The minimum Gasteiger partial charge on any atom is -0.497 e. The van der Waals surface area contributed by atoms with Gasteiger partial charge in [-0.15, -0.1) is 0 Å². The number of hydrogen-bond acceptors (Lipinski definition) is 3. The fourth-order valence-electron chi connectivity index (χ4n) is 3.51. The Labute approximate surface area is 170 Å². The number of methoxy groups -OCH3 is 1. The number of carbonyl (C=O) groups excluding carboxylic acids is 1. The highest BCUT2D eigenvalue weighted by Gasteiger charge is 2.25. The molecule has 28 heavy (non-hydrogen) atoms. The van der Waals surface area contributed by atoms with Gasteiger partial charge in [0.15, 0.2) is 0 Å². The van der Waals surface area contributed by atoms with Gasteiger partial charge in [-0.2, -0.15) is 0 Å². The molecule has 0 atom stereocenters. The van der Waals surface area contributed by atoms with E-state index in [0.717, 1.165) is 38.1 Å². The van der Waals surface area contributed by atoms with Gasteiger partial charge in [0, 0.05) is 29.6 Å². The van der Waals surface area contributed by atoms with Crippen LogP contribution in [-0.4, -0.2) is 37.6 Å². The molecular weight excluding hydrogens is 379 g/mol. The Hall–Kier alpha value is -2.11. The van der Waals surface area contributed by atoms with E-state index < -0.39 is 0 Å². The first kappa shape index (κ1) is 20.6. The molecule has 3 rings (SSSR count). The average Bonchev–Trinajstić information content (AvgIpc) is 2.71. The number of benzene rings is 2. The minimum atomic E-state index is -0.272. The highest BCUT2D eigenvalue weighted by molar-refractivity contribution is 6.30. The van der Waals surface area contributed by atoms with Crippen LogP contribution in [0.2, 0.25) is 5.02 Å². The molecule has 1 fully saturated rings. The molecule has 0 unspecified atom stereocenters. The summed E-state index contributed by atoms with van der Waals surface area (Å²) in [6, 6.07) is 12.7. The number of hydrogen-bond donors (Lipinski definition) is 1. The molecule has 1 aliphatic rings. The Bertz CT molecular complexity index is 790. The highest BCUT2D eigenvalue weighted by Crippen LogP contribution is 2.21. The Morgan fingerprint density at radius 1 is 1.21 bits per heavy atom. The second kappa shape index (κ2) is 9.89. The van der Waals surface area contributed by atoms with E-state index in [1.54, 1.807) is 19.2 Å². The summed E-state index contributed by atoms with van der Waals surface area (Å²) in [5.41, 5.74) is 1.81. The number of ether oxygens (including phenoxy) is 1. The summed E-state index contributed by atoms with van der Waals surface area (Å²) in [6.07, 6.45) is 2.39. The molecule has 1 aliphatic heterocycles. The van der Waals surface area contributed by atoms with E-state index in [0.29, 0.717) is 23.7 Å². The lowest BCUT2D eigenvalue weighted by molar-refractivity contribution is -0.126. The molecule has 0 saturated carbocycles. The highest BCUT2D eigenvalue weighted by atomic mass is 35.5. The van der Waals surface area contributed by atoms with Gasteiger partial charge in [0.25, 0.3) is 0 Å². The van der Waals surface area contributed by atoms with E-state index in [-0.39, 0.29) is 17.6 Å². The van der Waals surface area contributed by atoms with Crippen LogP contribution in [0.25, 0.3) is 0 Å². The number of piperidine rings is 1. The van der Waals surface area contributed by atoms with E-state index in [1.807, 2.05) is 24.3 Å². The number of nitrogens with one attached hydrogen (secondary N) is 1. The molecule has 1 N–H and O–H groups in total. The van der Waals surface area contributed by atoms with Crippen LogP contribution in [0.3, 0.4) is 0 Å². The second-order valence-electron chi connectivity index (χ2n) is 7.18. The van der Waals surface area contributed by atoms with Crippen molar-refractivity contribution in [3.63, 3.8) is 0 Å². The van der Waals surface area contributed by atoms with E-state index in [1.165, 1.54) is 11.6 Å². The van der Waals surface area contributed by atoms with Gasteiger partial charge in [0.05, 0.1) is 7.11 Å². The number of carbonyl (C=O) groups is 1. The summed E-state index contributed by atoms with van der Waals surface area (Å²) in [5.74, 6) is 0.706. The molecule has 6 heteroatoms. The number of likely N-dealkylation sites (tertiary alicyclic amines) is 1. The molecular formula is C22H26ClFN2O2. The Kier molecular flexibility index (Phi) is 7.29. The van der Waals surface area contributed by atoms with Crippen molar-refractivity contribution in [3.8, 4) is 5.75 Å². The van der Waals surface area contributed by atoms with E-state index >= 15 is 0 Å². The molecule has 0 aromatic heterocycles. The molecule has 1 heterocycles. The smallest absolute Gasteiger partial charge is 0.223 e. The van der Waals surface area contributed by atoms with Gasteiger partial charge >= 0.3 is 0 Å². The van der Waals surface area contributed by atoms with Crippen LogP contribution in [0, 0.1) is 11.7 Å². The van der Waals surface area contributed by atoms with Gasteiger partial charge in [0.1, 0.15) is 11.6 Å². The summed E-state index contributed by atoms with van der Waals surface area (Å²) in [5, 5.41) is 3.45. The van der Waals surface area contributed by atoms with Crippen molar-refractivity contribution in [2.45, 2.75) is 25.8 Å². The van der Waals surface area contributed by atoms with Crippen molar-refractivity contribution >= 4 is 17.5 Å². The minimum absolute atomic E-state index is 0.0298. The first-order valence-electron chi connectivity index (χ1n) is 9.62. The molecule has 1 saturated heterocycles. The van der Waals surface area contributed by atoms with E-state index in [9.17, 15) is 9.18 Å². The van der Waals surface area contributed by atoms with Crippen LogP contribution in [0.15, 0.2) is 42.5 Å². The molecule has 2 aromatic rings. The molecule has 0 bridgehead atoms. The fraction of sp³-hybridized carbons (Fsp3) is 0.409. The van der Waals surface area contributed by atoms with Gasteiger partial charge in [-0.3, -0.25) is 9.69 Å². The number of nitrogens with zero attached hydrogens (tertiary/aromatic N) is 1. The number of rotatable bonds is 7. The monoisotopic (exact) mass is 404 g/mol. The summed E-state index contributed by atoms with van der Waals surface area (Å²) in [6.45, 7) is 2.76. The maximum Gasteiger partial charge on any atom is 0.223 e. The summed E-state index contributed by atoms with van der Waals surface area (Å²) < 4.78 is 19.1. The van der Waals surface area contributed by atoms with Crippen molar-refractivity contribution in [1.82, 2.24) is 10.2 Å². The van der Waals surface area contributed by atoms with Gasteiger partial charge in [-0.05, 0) is 62.2 Å². The van der Waals surface area contributed by atoms with Gasteiger partial charge in [-0.25, -0.2) is 4.39 Å². The van der Waals surface area contributed by atoms with Gasteiger partial charge in [-0.1, -0.05) is 29.8 Å². The summed E-state index contributed by atoms with van der Waals surface area (Å²) >= 11 is 5.80. The third kappa shape index (κ3) is 5.69. The van der Waals surface area contributed by atoms with Crippen LogP contribution in [0.1, 0.15) is 24.0 Å². The predicted molar refractivity (Wildman–Crippen MR) is 109 cm³/mol. The average molecular weight is 405 g/mol. The summed E-state index contributed by atoms with van der Waals surface area (Å²) in [7, 11) is 1.65. The van der Waals surface area contributed by atoms with Crippen molar-refractivity contribution in [2.24, 2.45) is 5.92 Å². The zero-order valence-corrected chi connectivity index (χ0v) is 16.8. The Morgan fingerprint density at radius 2 is 1.93 bits per heavy atom. The molecule has 0 aliphatic carbocycles. The first-order chi connectivity index (χ1) is 13.5. The largest absolute Gasteiger partial charge is 0.497 e. The van der Waals surface area contributed by atoms with Crippen LogP contribution in [0.4, 0.5) is 4.39 Å². The first-order valence-corrected chi connectivity index (χ1v) is 10.00. The van der Waals surface area contributed by atoms with E-state index in [4.69, 9.17) is 16.3 Å².